The van der Waals surface area contributed by atoms with E-state index in [1.54, 1.807) is 25.1 Å². The lowest BCUT2D eigenvalue weighted by atomic mass is 10.00. The largest absolute Gasteiger partial charge is 0.481 e. The average Bonchev–Trinajstić information content (AvgIpc) is 3.09. The average molecular weight is 1010 g/mol. The first-order valence-electron chi connectivity index (χ1n) is 14.8. The molecule has 0 aliphatic rings. The monoisotopic (exact) mass is 1000 g/mol. The molecule has 1 aromatic heterocycles. The van der Waals surface area contributed by atoms with E-state index in [0.29, 0.717) is 5.56 Å². The van der Waals surface area contributed by atoms with Gasteiger partial charge in [0.25, 0.3) is 5.97 Å². The topological polar surface area (TPSA) is 119 Å². The molecule has 51 heavy (non-hydrogen) atoms. The predicted octanol–water partition coefficient (Wildman–Crippen LogP) is 13.5. The van der Waals surface area contributed by atoms with Crippen LogP contribution >= 0.6 is 79.6 Å². The van der Waals surface area contributed by atoms with Gasteiger partial charge in [0.15, 0.2) is 5.78 Å². The Bertz CT molecular complexity index is 1990. The highest BCUT2D eigenvalue weighted by Crippen LogP contribution is 2.32. The van der Waals surface area contributed by atoms with Crippen molar-refractivity contribution in [2.45, 2.75) is 13.8 Å². The fraction of sp³-hybridized carbons (Fsp3) is 0.0500. The zero-order chi connectivity index (χ0) is 36.6. The van der Waals surface area contributed by atoms with E-state index in [9.17, 15) is 9.59 Å². The molecule has 0 unspecified atom stereocenters. The van der Waals surface area contributed by atoms with Crippen molar-refractivity contribution in [3.8, 4) is 33.6 Å². The molecule has 0 saturated heterocycles. The summed E-state index contributed by atoms with van der Waals surface area (Å²) in [5.41, 5.74) is 7.82. The van der Waals surface area contributed by atoms with Gasteiger partial charge < -0.3 is 11.3 Å². The van der Waals surface area contributed by atoms with Crippen LogP contribution in [0.3, 0.4) is 0 Å². The summed E-state index contributed by atoms with van der Waals surface area (Å²) in [5.74, 6) is -0.735. The molecule has 0 spiro atoms. The summed E-state index contributed by atoms with van der Waals surface area (Å²) >= 11 is 17.2. The number of ketones is 1. The van der Waals surface area contributed by atoms with Crippen LogP contribution in [0.1, 0.15) is 34.6 Å². The van der Waals surface area contributed by atoms with Gasteiger partial charge in [0, 0.05) is 51.5 Å². The molecule has 6 nitrogen and oxygen atoms in total. The molecule has 0 radical (unpaired) electrons. The molecule has 4 N–H and O–H groups in total. The van der Waals surface area contributed by atoms with Crippen molar-refractivity contribution in [2.24, 2.45) is 0 Å². The molecule has 11 heteroatoms. The number of aldehydes is 1. The highest BCUT2D eigenvalue weighted by molar-refractivity contribution is 9.11. The Labute approximate surface area is 340 Å². The van der Waals surface area contributed by atoms with Crippen molar-refractivity contribution in [1.29, 1.82) is 0 Å². The van der Waals surface area contributed by atoms with Crippen molar-refractivity contribution in [3.05, 3.63) is 167 Å². The SMILES string of the molecule is Brc1ccc(-c2cc(-c3cccc(Br)c3)nc(-c3cccc(Br)c3)c2)cc1.CC(=O)O.CC(=O)c1cccc(Br)c1.N.O=Cc1ccc(Br)cc1. The number of carboxylic acid groups (broad SMARTS) is 1. The van der Waals surface area contributed by atoms with Crippen LogP contribution in [0.2, 0.25) is 0 Å². The van der Waals surface area contributed by atoms with Crippen LogP contribution in [-0.2, 0) is 4.79 Å². The van der Waals surface area contributed by atoms with Crippen LogP contribution in [-0.4, -0.2) is 28.1 Å². The number of hydrogen-bond acceptors (Lipinski definition) is 5. The van der Waals surface area contributed by atoms with Crippen molar-refractivity contribution < 1.29 is 19.5 Å². The van der Waals surface area contributed by atoms with Crippen LogP contribution in [0, 0.1) is 0 Å². The zero-order valence-corrected chi connectivity index (χ0v) is 35.4. The number of carbonyl (C=O) groups excluding carboxylic acids is 2. The van der Waals surface area contributed by atoms with Gasteiger partial charge in [-0.3, -0.25) is 14.4 Å². The minimum Gasteiger partial charge on any atom is -0.481 e. The second-order valence-electron chi connectivity index (χ2n) is 10.4. The van der Waals surface area contributed by atoms with Gasteiger partial charge in [0.1, 0.15) is 6.29 Å². The lowest BCUT2D eigenvalue weighted by molar-refractivity contribution is -0.134. The molecule has 1 heterocycles. The van der Waals surface area contributed by atoms with Crippen molar-refractivity contribution in [2.75, 3.05) is 0 Å². The smallest absolute Gasteiger partial charge is 0.300 e. The molecule has 6 rings (SSSR count). The van der Waals surface area contributed by atoms with E-state index in [-0.39, 0.29) is 11.9 Å². The van der Waals surface area contributed by atoms with Crippen LogP contribution in [0.15, 0.2) is 156 Å². The Morgan fingerprint density at radius 3 is 1.31 bits per heavy atom. The molecule has 262 valence electrons. The Balaban J connectivity index is 0.000000307. The molecule has 0 amide bonds. The number of hydrogen-bond donors (Lipinski definition) is 2. The van der Waals surface area contributed by atoms with Crippen LogP contribution in [0.4, 0.5) is 0 Å². The van der Waals surface area contributed by atoms with Crippen molar-refractivity contribution in [1.82, 2.24) is 11.1 Å². The van der Waals surface area contributed by atoms with Crippen LogP contribution in [0.25, 0.3) is 33.6 Å². The van der Waals surface area contributed by atoms with Crippen LogP contribution < -0.4 is 6.15 Å². The summed E-state index contributed by atoms with van der Waals surface area (Å²) in [6.45, 7) is 2.64. The lowest BCUT2D eigenvalue weighted by Crippen LogP contribution is -1.91. The third-order valence-corrected chi connectivity index (χ3v) is 9.02. The number of aliphatic carboxylic acids is 1. The van der Waals surface area contributed by atoms with Gasteiger partial charge in [0.05, 0.1) is 11.4 Å². The number of nitrogens with zero attached hydrogens (tertiary/aromatic N) is 1. The normalized spacial score (nSPS) is 9.63. The fourth-order valence-electron chi connectivity index (χ4n) is 4.18. The summed E-state index contributed by atoms with van der Waals surface area (Å²) in [7, 11) is 0. The maximum atomic E-state index is 10.8. The second-order valence-corrected chi connectivity index (χ2v) is 15.0. The summed E-state index contributed by atoms with van der Waals surface area (Å²) in [4.78, 5) is 34.8. The number of Topliss-reactive ketones (excluding diaryl/α,β-unsaturated/α-hetero) is 1. The molecule has 0 bridgehead atoms. The Kier molecular flexibility index (Phi) is 19.1. The number of halogens is 5. The first-order valence-corrected chi connectivity index (χ1v) is 18.8. The molecule has 6 aromatic rings. The summed E-state index contributed by atoms with van der Waals surface area (Å²) in [6.07, 6.45) is 0.826. The second kappa shape index (κ2) is 22.4. The lowest BCUT2D eigenvalue weighted by Gasteiger charge is -2.11. The van der Waals surface area contributed by atoms with E-state index in [4.69, 9.17) is 14.9 Å². The number of carbonyl (C=O) groups is 3. The van der Waals surface area contributed by atoms with Gasteiger partial charge in [-0.2, -0.15) is 0 Å². The Morgan fingerprint density at radius 2 is 0.941 bits per heavy atom. The highest BCUT2D eigenvalue weighted by Gasteiger charge is 2.10. The van der Waals surface area contributed by atoms with Crippen molar-refractivity contribution in [3.63, 3.8) is 0 Å². The van der Waals surface area contributed by atoms with Gasteiger partial charge in [-0.1, -0.05) is 140 Å². The highest BCUT2D eigenvalue weighted by atomic mass is 79.9. The Hall–Kier alpha value is -3.58. The number of aromatic nitrogens is 1. The molecular weight excluding hydrogens is 972 g/mol. The molecule has 0 fully saturated rings. The zero-order valence-electron chi connectivity index (χ0n) is 27.5. The summed E-state index contributed by atoms with van der Waals surface area (Å²) in [5, 5.41) is 7.42. The Morgan fingerprint density at radius 1 is 0.529 bits per heavy atom. The molecule has 0 atom stereocenters. The minimum absolute atomic E-state index is 0. The van der Waals surface area contributed by atoms with E-state index in [1.165, 1.54) is 0 Å². The molecular formula is C40H33Br5N2O4. The maximum Gasteiger partial charge on any atom is 0.300 e. The first-order chi connectivity index (χ1) is 23.8. The van der Waals surface area contributed by atoms with Crippen LogP contribution in [0.5, 0.6) is 0 Å². The van der Waals surface area contributed by atoms with Gasteiger partial charge in [-0.25, -0.2) is 4.98 Å². The standard InChI is InChI=1S/C23H14Br3N.C8H7BrO.C7H5BrO.C2H4O2.H3N/c24-19-9-7-15(8-10-19)18-13-22(16-3-1-5-20(25)11-16)27-23(14-18)17-4-2-6-21(26)12-17;1-6(10)7-3-2-4-8(9)5-7;8-7-3-1-6(5-9)2-4-7;1-2(3)4;/h1-14H;2-5H,1H3;1-5H;1H3,(H,3,4);1H3. The van der Waals surface area contributed by atoms with E-state index >= 15 is 0 Å². The number of benzene rings is 5. The molecule has 0 aliphatic heterocycles. The summed E-state index contributed by atoms with van der Waals surface area (Å²) in [6, 6.07) is 43.7. The van der Waals surface area contributed by atoms with Gasteiger partial charge in [0.2, 0.25) is 0 Å². The molecule has 5 aromatic carbocycles. The van der Waals surface area contributed by atoms with E-state index in [1.807, 2.05) is 54.6 Å². The minimum atomic E-state index is -0.833. The first kappa shape index (κ1) is 43.6. The third kappa shape index (κ3) is 15.7. The van der Waals surface area contributed by atoms with Gasteiger partial charge >= 0.3 is 0 Å². The maximum absolute atomic E-state index is 10.8. The summed E-state index contributed by atoms with van der Waals surface area (Å²) < 4.78 is 5.09. The quantitative estimate of drug-likeness (QED) is 0.131. The van der Waals surface area contributed by atoms with E-state index in [2.05, 4.69) is 140 Å². The molecule has 0 aliphatic carbocycles. The van der Waals surface area contributed by atoms with Gasteiger partial charge in [-0.15, -0.1) is 0 Å². The third-order valence-electron chi connectivity index (χ3n) is 6.48. The number of rotatable bonds is 5. The van der Waals surface area contributed by atoms with Gasteiger partial charge in [-0.05, 0) is 90.8 Å². The predicted molar refractivity (Wildman–Crippen MR) is 226 cm³/mol. The fourth-order valence-corrected chi connectivity index (χ4v) is 5.91. The number of pyridine rings is 1. The van der Waals surface area contributed by atoms with Crippen molar-refractivity contribution >= 4 is 97.7 Å². The van der Waals surface area contributed by atoms with E-state index in [0.717, 1.165) is 74.8 Å². The van der Waals surface area contributed by atoms with E-state index < -0.39 is 5.97 Å². The molecule has 0 saturated carbocycles. The number of carboxylic acids is 1.